The fourth-order valence-electron chi connectivity index (χ4n) is 2.34. The van der Waals surface area contributed by atoms with Crippen molar-refractivity contribution in [1.29, 1.82) is 0 Å². The molecule has 1 heterocycles. The van der Waals surface area contributed by atoms with Crippen molar-refractivity contribution in [3.63, 3.8) is 0 Å². The van der Waals surface area contributed by atoms with Gasteiger partial charge < -0.3 is 10.2 Å². The molecular weight excluding hydrogens is 372 g/mol. The summed E-state index contributed by atoms with van der Waals surface area (Å²) < 4.78 is 1.78. The van der Waals surface area contributed by atoms with Crippen molar-refractivity contribution in [2.45, 2.75) is 42.4 Å². The van der Waals surface area contributed by atoms with Gasteiger partial charge in [-0.25, -0.2) is 0 Å². The lowest BCUT2D eigenvalue weighted by molar-refractivity contribution is -0.113. The highest BCUT2D eigenvalue weighted by Gasteiger charge is 2.10. The second kappa shape index (κ2) is 10.0. The molecule has 25 heavy (non-hydrogen) atoms. The molecule has 1 aromatic carbocycles. The topological polar surface area (TPSA) is 58.1 Å². The predicted octanol–water partition coefficient (Wildman–Crippen LogP) is 4.62. The summed E-state index contributed by atoms with van der Waals surface area (Å²) in [6.45, 7) is 9.53. The molecule has 0 saturated carbocycles. The minimum atomic E-state index is -0.0335. The number of carbonyl (C=O) groups is 1. The van der Waals surface area contributed by atoms with Crippen molar-refractivity contribution in [2.75, 3.05) is 28.3 Å². The van der Waals surface area contributed by atoms with Crippen LogP contribution in [0.4, 0.5) is 11.4 Å². The summed E-state index contributed by atoms with van der Waals surface area (Å²) in [5, 5.41) is 11.1. The third-order valence-electron chi connectivity index (χ3n) is 3.43. The van der Waals surface area contributed by atoms with E-state index in [0.29, 0.717) is 11.8 Å². The molecule has 1 amide bonds. The highest BCUT2D eigenvalue weighted by Crippen LogP contribution is 2.28. The maximum Gasteiger partial charge on any atom is 0.234 e. The standard InChI is InChI=1S/C17H24N4OS3/c1-5-21(12(3)4)14-9-7-13(8-10-14)18-15(22)11-24-17-20-19-16(25-17)23-6-2/h7-10,12H,5-6,11H2,1-4H3,(H,18,22). The highest BCUT2D eigenvalue weighted by atomic mass is 32.2. The zero-order valence-corrected chi connectivity index (χ0v) is 17.4. The van der Waals surface area contributed by atoms with E-state index in [2.05, 4.69) is 48.1 Å². The summed E-state index contributed by atoms with van der Waals surface area (Å²) in [5.74, 6) is 1.27. The van der Waals surface area contributed by atoms with Crippen molar-refractivity contribution in [2.24, 2.45) is 0 Å². The van der Waals surface area contributed by atoms with Crippen LogP contribution in [-0.2, 0) is 4.79 Å². The van der Waals surface area contributed by atoms with Crippen LogP contribution in [0, 0.1) is 0 Å². The molecule has 1 aromatic heterocycles. The Labute approximate surface area is 162 Å². The number of benzene rings is 1. The van der Waals surface area contributed by atoms with Crippen LogP contribution in [0.15, 0.2) is 32.9 Å². The summed E-state index contributed by atoms with van der Waals surface area (Å²) in [5.41, 5.74) is 1.98. The number of rotatable bonds is 9. The van der Waals surface area contributed by atoms with Gasteiger partial charge in [-0.15, -0.1) is 10.2 Å². The van der Waals surface area contributed by atoms with Gasteiger partial charge in [0.05, 0.1) is 5.75 Å². The third kappa shape index (κ3) is 6.20. The van der Waals surface area contributed by atoms with Crippen LogP contribution >= 0.6 is 34.9 Å². The van der Waals surface area contributed by atoms with Crippen molar-refractivity contribution in [3.05, 3.63) is 24.3 Å². The first-order valence-corrected chi connectivity index (χ1v) is 11.1. The molecular formula is C17H24N4OS3. The maximum absolute atomic E-state index is 12.1. The van der Waals surface area contributed by atoms with Crippen molar-refractivity contribution < 1.29 is 4.79 Å². The van der Waals surface area contributed by atoms with Gasteiger partial charge in [-0.05, 0) is 50.8 Å². The minimum absolute atomic E-state index is 0.0335. The smallest absolute Gasteiger partial charge is 0.234 e. The number of thioether (sulfide) groups is 2. The molecule has 1 N–H and O–H groups in total. The monoisotopic (exact) mass is 396 g/mol. The van der Waals surface area contributed by atoms with E-state index in [9.17, 15) is 4.79 Å². The zero-order chi connectivity index (χ0) is 18.2. The Morgan fingerprint density at radius 1 is 1.16 bits per heavy atom. The SMILES string of the molecule is CCSc1nnc(SCC(=O)Nc2ccc(N(CC)C(C)C)cc2)s1. The Bertz CT molecular complexity index is 673. The van der Waals surface area contributed by atoms with Crippen LogP contribution in [0.25, 0.3) is 0 Å². The Hall–Kier alpha value is -1.25. The third-order valence-corrected chi connectivity index (χ3v) is 6.50. The summed E-state index contributed by atoms with van der Waals surface area (Å²) in [6, 6.07) is 8.44. The Morgan fingerprint density at radius 2 is 1.80 bits per heavy atom. The van der Waals surface area contributed by atoms with E-state index < -0.39 is 0 Å². The number of carbonyl (C=O) groups excluding carboxylic acids is 1. The van der Waals surface area contributed by atoms with Gasteiger partial charge in [0, 0.05) is 24.0 Å². The van der Waals surface area contributed by atoms with Gasteiger partial charge in [-0.1, -0.05) is 41.8 Å². The first kappa shape index (κ1) is 20.1. The lowest BCUT2D eigenvalue weighted by Gasteiger charge is -2.27. The molecule has 0 saturated heterocycles. The second-order valence-corrected chi connectivity index (χ2v) is 9.24. The van der Waals surface area contributed by atoms with Gasteiger partial charge in [0.25, 0.3) is 0 Å². The molecule has 0 radical (unpaired) electrons. The van der Waals surface area contributed by atoms with E-state index in [-0.39, 0.29) is 5.91 Å². The van der Waals surface area contributed by atoms with Crippen LogP contribution in [-0.4, -0.2) is 40.2 Å². The van der Waals surface area contributed by atoms with Gasteiger partial charge in [0.2, 0.25) is 5.91 Å². The van der Waals surface area contributed by atoms with E-state index in [0.717, 1.165) is 26.7 Å². The summed E-state index contributed by atoms with van der Waals surface area (Å²) in [7, 11) is 0. The Kier molecular flexibility index (Phi) is 8.05. The van der Waals surface area contributed by atoms with E-state index in [1.807, 2.05) is 24.3 Å². The van der Waals surface area contributed by atoms with Gasteiger partial charge >= 0.3 is 0 Å². The van der Waals surface area contributed by atoms with Crippen LogP contribution in [0.1, 0.15) is 27.7 Å². The molecule has 2 rings (SSSR count). The van der Waals surface area contributed by atoms with Gasteiger partial charge in [0.1, 0.15) is 0 Å². The molecule has 0 aliphatic rings. The molecule has 0 fully saturated rings. The lowest BCUT2D eigenvalue weighted by atomic mass is 10.2. The molecule has 0 aliphatic carbocycles. The summed E-state index contributed by atoms with van der Waals surface area (Å²) in [4.78, 5) is 14.4. The molecule has 0 atom stereocenters. The van der Waals surface area contributed by atoms with Gasteiger partial charge in [-0.3, -0.25) is 4.79 Å². The van der Waals surface area contributed by atoms with E-state index in [1.165, 1.54) is 28.8 Å². The Morgan fingerprint density at radius 3 is 2.36 bits per heavy atom. The molecule has 136 valence electrons. The number of nitrogens with zero attached hydrogens (tertiary/aromatic N) is 3. The number of amides is 1. The molecule has 5 nitrogen and oxygen atoms in total. The first-order chi connectivity index (χ1) is 12.0. The van der Waals surface area contributed by atoms with Gasteiger partial charge in [-0.2, -0.15) is 0 Å². The number of anilines is 2. The molecule has 0 bridgehead atoms. The molecule has 0 spiro atoms. The highest BCUT2D eigenvalue weighted by molar-refractivity contribution is 8.03. The van der Waals surface area contributed by atoms with Crippen molar-refractivity contribution >= 4 is 52.1 Å². The maximum atomic E-state index is 12.1. The average molecular weight is 397 g/mol. The Balaban J connectivity index is 1.85. The number of hydrogen-bond acceptors (Lipinski definition) is 7. The molecule has 0 unspecified atom stereocenters. The van der Waals surface area contributed by atoms with E-state index in [1.54, 1.807) is 11.8 Å². The fraction of sp³-hybridized carbons (Fsp3) is 0.471. The van der Waals surface area contributed by atoms with E-state index >= 15 is 0 Å². The average Bonchev–Trinajstić information content (AvgIpc) is 3.03. The first-order valence-electron chi connectivity index (χ1n) is 8.29. The van der Waals surface area contributed by atoms with Crippen LogP contribution < -0.4 is 10.2 Å². The van der Waals surface area contributed by atoms with Crippen LogP contribution in [0.5, 0.6) is 0 Å². The quantitative estimate of drug-likeness (QED) is 0.624. The van der Waals surface area contributed by atoms with Crippen molar-refractivity contribution in [1.82, 2.24) is 10.2 Å². The molecule has 8 heteroatoms. The normalized spacial score (nSPS) is 10.9. The van der Waals surface area contributed by atoms with E-state index in [4.69, 9.17) is 0 Å². The number of aromatic nitrogens is 2. The number of nitrogens with one attached hydrogen (secondary N) is 1. The summed E-state index contributed by atoms with van der Waals surface area (Å²) >= 11 is 4.62. The fourth-order valence-corrected chi connectivity index (χ4v) is 5.06. The van der Waals surface area contributed by atoms with Crippen molar-refractivity contribution in [3.8, 4) is 0 Å². The van der Waals surface area contributed by atoms with Gasteiger partial charge in [0.15, 0.2) is 8.68 Å². The minimum Gasteiger partial charge on any atom is -0.369 e. The van der Waals surface area contributed by atoms with Crippen LogP contribution in [0.2, 0.25) is 0 Å². The lowest BCUT2D eigenvalue weighted by Crippen LogP contribution is -2.30. The largest absolute Gasteiger partial charge is 0.369 e. The zero-order valence-electron chi connectivity index (χ0n) is 15.0. The predicted molar refractivity (Wildman–Crippen MR) is 110 cm³/mol. The number of hydrogen-bond donors (Lipinski definition) is 1. The molecule has 2 aromatic rings. The second-order valence-electron chi connectivity index (χ2n) is 5.53. The summed E-state index contributed by atoms with van der Waals surface area (Å²) in [6.07, 6.45) is 0. The van der Waals surface area contributed by atoms with Crippen LogP contribution in [0.3, 0.4) is 0 Å². The molecule has 0 aliphatic heterocycles.